The number of hydrogen-bond donors (Lipinski definition) is 4. The molecular weight excluding hydrogens is 852 g/mol. The Bertz CT molecular complexity index is 2690. The van der Waals surface area contributed by atoms with Crippen LogP contribution in [0.2, 0.25) is 10.0 Å². The first-order chi connectivity index (χ1) is 27.8. The summed E-state index contributed by atoms with van der Waals surface area (Å²) in [7, 11) is 0. The van der Waals surface area contributed by atoms with Crippen molar-refractivity contribution in [3.63, 3.8) is 0 Å². The van der Waals surface area contributed by atoms with E-state index in [0.29, 0.717) is 39.0 Å². The maximum atomic E-state index is 13.0. The molecule has 0 aliphatic rings. The van der Waals surface area contributed by atoms with Crippen LogP contribution in [0.1, 0.15) is 44.6 Å². The van der Waals surface area contributed by atoms with E-state index in [1.165, 1.54) is 0 Å². The number of nitrogens with one attached hydrogen (secondary N) is 2. The number of halogens is 6. The lowest BCUT2D eigenvalue weighted by Gasteiger charge is -2.14. The zero-order valence-corrected chi connectivity index (χ0v) is 34.2. The highest BCUT2D eigenvalue weighted by Crippen LogP contribution is 2.34. The molecule has 0 saturated heterocycles. The Morgan fingerprint density at radius 3 is 1.62 bits per heavy atom. The number of hydrogen-bond acceptors (Lipinski definition) is 8. The summed E-state index contributed by atoms with van der Waals surface area (Å²) >= 11 is 16.5. The summed E-state index contributed by atoms with van der Waals surface area (Å²) < 4.78 is 39.8. The van der Waals surface area contributed by atoms with Gasteiger partial charge in [-0.15, -0.1) is 0 Å². The van der Waals surface area contributed by atoms with Crippen LogP contribution < -0.4 is 10.6 Å². The Kier molecular flexibility index (Phi) is 13.0. The molecule has 0 fully saturated rings. The number of rotatable bonds is 8. The molecule has 7 rings (SSSR count). The molecule has 2 aromatic heterocycles. The van der Waals surface area contributed by atoms with Crippen molar-refractivity contribution >= 4 is 84.2 Å². The predicted octanol–water partition coefficient (Wildman–Crippen LogP) is 13.3. The van der Waals surface area contributed by atoms with Gasteiger partial charge in [-0.3, -0.25) is 4.98 Å². The monoisotopic (exact) mass is 884 g/mol. The van der Waals surface area contributed by atoms with Crippen molar-refractivity contribution in [2.24, 2.45) is 10.3 Å². The smallest absolute Gasteiger partial charge is 0.410 e. The van der Waals surface area contributed by atoms with Gasteiger partial charge in [-0.25, -0.2) is 4.98 Å². The second-order valence-corrected chi connectivity index (χ2v) is 14.7. The lowest BCUT2D eigenvalue weighted by molar-refractivity contribution is -0.137. The highest BCUT2D eigenvalue weighted by molar-refractivity contribution is 9.10. The van der Waals surface area contributed by atoms with Crippen LogP contribution in [-0.2, 0) is 6.18 Å². The SMILES string of the molecule is Cc1ccccc1C(=NO)c1ccc(Nc2cc(C(F)(F)F)cnc2C)cc1Cl.Cc1ccccc1C(=NO)c1ccc(Nc2ncc(Br)c3ccccc23)cc1Cl. The first kappa shape index (κ1) is 41.7. The number of aryl methyl sites for hydroxylation is 3. The number of oxime groups is 2. The van der Waals surface area contributed by atoms with Crippen molar-refractivity contribution in [1.29, 1.82) is 0 Å². The molecule has 294 valence electrons. The number of fused-ring (bicyclic) bond motifs is 1. The molecule has 2 heterocycles. The van der Waals surface area contributed by atoms with Crippen molar-refractivity contribution in [3.8, 4) is 0 Å². The number of benzene rings is 5. The topological polar surface area (TPSA) is 115 Å². The quantitative estimate of drug-likeness (QED) is 0.0686. The molecule has 7 aromatic rings. The largest absolute Gasteiger partial charge is 0.417 e. The zero-order chi connectivity index (χ0) is 41.6. The number of anilines is 4. The van der Waals surface area contributed by atoms with Gasteiger partial charge in [0.05, 0.1) is 27.0 Å². The van der Waals surface area contributed by atoms with Crippen LogP contribution in [0.25, 0.3) is 10.8 Å². The van der Waals surface area contributed by atoms with Crippen molar-refractivity contribution < 1.29 is 23.6 Å². The summed E-state index contributed by atoms with van der Waals surface area (Å²) in [5.74, 6) is 0.738. The van der Waals surface area contributed by atoms with Crippen molar-refractivity contribution in [1.82, 2.24) is 9.97 Å². The molecule has 0 aliphatic heterocycles. The molecule has 4 N–H and O–H groups in total. The minimum atomic E-state index is -4.49. The van der Waals surface area contributed by atoms with Crippen LogP contribution in [-0.4, -0.2) is 31.8 Å². The first-order valence-corrected chi connectivity index (χ1v) is 19.1. The average Bonchev–Trinajstić information content (AvgIpc) is 3.20. The summed E-state index contributed by atoms with van der Waals surface area (Å²) in [6.45, 7) is 5.45. The Labute approximate surface area is 350 Å². The van der Waals surface area contributed by atoms with Crippen LogP contribution in [0.3, 0.4) is 0 Å². The highest BCUT2D eigenvalue weighted by atomic mass is 79.9. The molecule has 0 radical (unpaired) electrons. The standard InChI is InChI=1S/C23H17BrClN3O.C21H17ClF3N3O/c1-14-6-2-3-7-16(14)22(28-29)19-11-10-15(12-21(19)25)27-23-18-9-5-4-8-17(18)20(24)13-26-23;1-12-5-3-4-6-16(12)20(28-29)17-8-7-15(10-18(17)22)27-19-9-14(21(23,24)25)11-26-13(19)2/h2-13,29H,1H3,(H,26,27);3-11,27,29H,1-2H3. The van der Waals surface area contributed by atoms with Gasteiger partial charge in [0, 0.05) is 61.3 Å². The average molecular weight is 887 g/mol. The molecule has 0 unspecified atom stereocenters. The third kappa shape index (κ3) is 9.42. The second kappa shape index (κ2) is 18.1. The fraction of sp³-hybridized carbons (Fsp3) is 0.0909. The van der Waals surface area contributed by atoms with Crippen molar-refractivity contribution in [2.75, 3.05) is 10.6 Å². The Balaban J connectivity index is 0.000000196. The molecule has 5 aromatic carbocycles. The zero-order valence-electron chi connectivity index (χ0n) is 31.1. The minimum absolute atomic E-state index is 0.221. The molecule has 0 spiro atoms. The van der Waals surface area contributed by atoms with E-state index in [1.54, 1.807) is 37.4 Å². The Morgan fingerprint density at radius 1 is 0.621 bits per heavy atom. The third-order valence-electron chi connectivity index (χ3n) is 9.15. The van der Waals surface area contributed by atoms with Gasteiger partial charge in [-0.05, 0) is 90.3 Å². The number of nitrogens with zero attached hydrogens (tertiary/aromatic N) is 4. The molecular formula is C44H34BrCl2F3N6O2. The number of pyridine rings is 2. The van der Waals surface area contributed by atoms with E-state index in [4.69, 9.17) is 23.2 Å². The van der Waals surface area contributed by atoms with Crippen LogP contribution >= 0.6 is 39.1 Å². The first-order valence-electron chi connectivity index (χ1n) is 17.6. The van der Waals surface area contributed by atoms with Gasteiger partial charge in [0.1, 0.15) is 17.2 Å². The number of alkyl halides is 3. The minimum Gasteiger partial charge on any atom is -0.410 e. The second-order valence-electron chi connectivity index (χ2n) is 13.0. The van der Waals surface area contributed by atoms with Crippen molar-refractivity contribution in [2.45, 2.75) is 26.9 Å². The van der Waals surface area contributed by atoms with Gasteiger partial charge >= 0.3 is 6.18 Å². The molecule has 14 heteroatoms. The fourth-order valence-corrected chi connectivity index (χ4v) is 7.11. The van der Waals surface area contributed by atoms with E-state index >= 15 is 0 Å². The lowest BCUT2D eigenvalue weighted by atomic mass is 9.98. The van der Waals surface area contributed by atoms with Crippen LogP contribution in [0.5, 0.6) is 0 Å². The van der Waals surface area contributed by atoms with Gasteiger partial charge in [0.2, 0.25) is 0 Å². The fourth-order valence-electron chi connectivity index (χ4n) is 6.12. The molecule has 0 amide bonds. The summed E-state index contributed by atoms with van der Waals surface area (Å²) in [6, 6.07) is 34.5. The summed E-state index contributed by atoms with van der Waals surface area (Å²) in [5, 5.41) is 35.1. The molecule has 8 nitrogen and oxygen atoms in total. The van der Waals surface area contributed by atoms with Crippen LogP contribution in [0.15, 0.2) is 142 Å². The third-order valence-corrected chi connectivity index (χ3v) is 10.4. The summed E-state index contributed by atoms with van der Waals surface area (Å²) in [5.41, 5.74) is 6.41. The van der Waals surface area contributed by atoms with E-state index in [2.05, 4.69) is 46.8 Å². The van der Waals surface area contributed by atoms with Gasteiger partial charge in [-0.1, -0.05) is 106 Å². The van der Waals surface area contributed by atoms with Crippen molar-refractivity contribution in [3.05, 3.63) is 187 Å². The maximum absolute atomic E-state index is 13.0. The predicted molar refractivity (Wildman–Crippen MR) is 230 cm³/mol. The van der Waals surface area contributed by atoms with Gasteiger partial charge < -0.3 is 21.0 Å². The van der Waals surface area contributed by atoms with Gasteiger partial charge in [0.15, 0.2) is 0 Å². The number of aromatic nitrogens is 2. The lowest BCUT2D eigenvalue weighted by Crippen LogP contribution is -2.08. The maximum Gasteiger partial charge on any atom is 0.417 e. The Hall–Kier alpha value is -5.95. The van der Waals surface area contributed by atoms with E-state index < -0.39 is 11.7 Å². The van der Waals surface area contributed by atoms with E-state index in [-0.39, 0.29) is 10.7 Å². The summed E-state index contributed by atoms with van der Waals surface area (Å²) in [4.78, 5) is 8.30. The molecule has 0 bridgehead atoms. The highest BCUT2D eigenvalue weighted by Gasteiger charge is 2.31. The molecule has 0 atom stereocenters. The van der Waals surface area contributed by atoms with Gasteiger partial charge in [0.25, 0.3) is 0 Å². The summed E-state index contributed by atoms with van der Waals surface area (Å²) in [6.07, 6.45) is -1.92. The molecule has 58 heavy (non-hydrogen) atoms. The normalized spacial score (nSPS) is 11.9. The van der Waals surface area contributed by atoms with E-state index in [0.717, 1.165) is 61.3 Å². The van der Waals surface area contributed by atoms with E-state index in [1.807, 2.05) is 98.8 Å². The van der Waals surface area contributed by atoms with Gasteiger partial charge in [-0.2, -0.15) is 13.2 Å². The van der Waals surface area contributed by atoms with E-state index in [9.17, 15) is 23.6 Å². The molecule has 0 saturated carbocycles. The van der Waals surface area contributed by atoms with Crippen LogP contribution in [0, 0.1) is 20.8 Å². The molecule has 0 aliphatic carbocycles. The van der Waals surface area contributed by atoms with Crippen LogP contribution in [0.4, 0.5) is 36.1 Å². The Morgan fingerprint density at radius 2 is 1.12 bits per heavy atom.